The van der Waals surface area contributed by atoms with Crippen molar-refractivity contribution in [2.45, 2.75) is 6.42 Å². The van der Waals surface area contributed by atoms with E-state index >= 15 is 0 Å². The van der Waals surface area contributed by atoms with Gasteiger partial charge in [-0.15, -0.1) is 0 Å². The monoisotopic (exact) mass is 570 g/mol. The average molecular weight is 571 g/mol. The van der Waals surface area contributed by atoms with Gasteiger partial charge < -0.3 is 0 Å². The van der Waals surface area contributed by atoms with Crippen LogP contribution >= 0.6 is 0 Å². The Morgan fingerprint density at radius 1 is 0.267 bits per heavy atom. The van der Waals surface area contributed by atoms with E-state index < -0.39 is 0 Å². The van der Waals surface area contributed by atoms with Crippen molar-refractivity contribution in [1.29, 1.82) is 0 Å². The molecule has 8 aromatic rings. The second-order valence-corrected chi connectivity index (χ2v) is 12.0. The van der Waals surface area contributed by atoms with Gasteiger partial charge in [0.05, 0.1) is 0 Å². The van der Waals surface area contributed by atoms with Gasteiger partial charge in [0.1, 0.15) is 0 Å². The van der Waals surface area contributed by atoms with Crippen molar-refractivity contribution in [2.24, 2.45) is 0 Å². The molecular weight excluding hydrogens is 540 g/mol. The standard InChI is InChI=1S/C45H30/c1-3-14-30(15-4-1)34-27-35(31-16-5-2-6-17-31)29-36(28-34)44-38-21-9-11-23-40(38)45(41-24-12-10-22-39(41)44)42-25-13-19-33-26-32-18-7-8-20-37(32)43(33)42/h1-25,27-29H,26H2. The van der Waals surface area contributed by atoms with Crippen LogP contribution in [0.3, 0.4) is 0 Å². The highest BCUT2D eigenvalue weighted by Crippen LogP contribution is 2.49. The van der Waals surface area contributed by atoms with Gasteiger partial charge in [-0.3, -0.25) is 0 Å². The van der Waals surface area contributed by atoms with Gasteiger partial charge in [0.25, 0.3) is 0 Å². The first-order valence-corrected chi connectivity index (χ1v) is 15.7. The topological polar surface area (TPSA) is 0 Å². The maximum absolute atomic E-state index is 2.38. The van der Waals surface area contributed by atoms with Crippen LogP contribution in [0.1, 0.15) is 11.1 Å². The number of benzene rings is 8. The quantitative estimate of drug-likeness (QED) is 0.185. The van der Waals surface area contributed by atoms with Crippen LogP contribution in [-0.4, -0.2) is 0 Å². The van der Waals surface area contributed by atoms with Crippen molar-refractivity contribution >= 4 is 21.5 Å². The molecule has 45 heavy (non-hydrogen) atoms. The van der Waals surface area contributed by atoms with E-state index in [-0.39, 0.29) is 0 Å². The molecule has 0 heterocycles. The number of hydrogen-bond donors (Lipinski definition) is 0. The van der Waals surface area contributed by atoms with Crippen molar-refractivity contribution in [1.82, 2.24) is 0 Å². The molecule has 0 bridgehead atoms. The summed E-state index contributed by atoms with van der Waals surface area (Å²) in [6.45, 7) is 0. The molecule has 1 aliphatic rings. The highest BCUT2D eigenvalue weighted by atomic mass is 14.3. The molecule has 0 amide bonds. The summed E-state index contributed by atoms with van der Waals surface area (Å²) in [7, 11) is 0. The van der Waals surface area contributed by atoms with Crippen LogP contribution in [0.4, 0.5) is 0 Å². The van der Waals surface area contributed by atoms with Crippen molar-refractivity contribution < 1.29 is 0 Å². The minimum atomic E-state index is 0.988. The SMILES string of the molecule is c1ccc(-c2cc(-c3ccccc3)cc(-c3c4ccccc4c(-c4cccc5c4-c4ccccc4C5)c4ccccc34)c2)cc1. The Morgan fingerprint density at radius 3 is 1.31 bits per heavy atom. The highest BCUT2D eigenvalue weighted by molar-refractivity contribution is 6.23. The summed E-state index contributed by atoms with van der Waals surface area (Å²) in [6.07, 6.45) is 0.988. The fraction of sp³-hybridized carbons (Fsp3) is 0.0222. The summed E-state index contributed by atoms with van der Waals surface area (Å²) >= 11 is 0. The van der Waals surface area contributed by atoms with Gasteiger partial charge in [-0.1, -0.05) is 152 Å². The molecule has 0 atom stereocenters. The van der Waals surface area contributed by atoms with E-state index in [0.717, 1.165) is 6.42 Å². The lowest BCUT2D eigenvalue weighted by Gasteiger charge is -2.20. The molecule has 0 fully saturated rings. The molecule has 0 aromatic heterocycles. The molecule has 1 aliphatic carbocycles. The molecule has 0 aliphatic heterocycles. The van der Waals surface area contributed by atoms with Crippen molar-refractivity contribution in [3.63, 3.8) is 0 Å². The Bertz CT molecular complexity index is 2260. The van der Waals surface area contributed by atoms with Gasteiger partial charge in [0.2, 0.25) is 0 Å². The van der Waals surface area contributed by atoms with Gasteiger partial charge in [0, 0.05) is 0 Å². The largest absolute Gasteiger partial charge is 0.0622 e. The van der Waals surface area contributed by atoms with Crippen molar-refractivity contribution in [3.8, 4) is 55.6 Å². The molecule has 0 spiro atoms. The molecule has 0 unspecified atom stereocenters. The summed E-state index contributed by atoms with van der Waals surface area (Å²) in [6, 6.07) is 62.4. The summed E-state index contributed by atoms with van der Waals surface area (Å²) in [5, 5.41) is 5.13. The predicted molar refractivity (Wildman–Crippen MR) is 191 cm³/mol. The normalized spacial score (nSPS) is 11.9. The average Bonchev–Trinajstić information content (AvgIpc) is 3.50. The summed E-state index contributed by atoms with van der Waals surface area (Å²) < 4.78 is 0. The minimum Gasteiger partial charge on any atom is -0.0622 e. The third-order valence-electron chi connectivity index (χ3n) is 9.46. The predicted octanol–water partition coefficient (Wildman–Crippen LogP) is 12.2. The summed E-state index contributed by atoms with van der Waals surface area (Å²) in [4.78, 5) is 0. The fourth-order valence-corrected chi connectivity index (χ4v) is 7.49. The molecule has 0 radical (unpaired) electrons. The molecule has 0 saturated carbocycles. The van der Waals surface area contributed by atoms with Crippen LogP contribution in [0, 0.1) is 0 Å². The van der Waals surface area contributed by atoms with Gasteiger partial charge in [-0.05, 0) is 113 Å². The van der Waals surface area contributed by atoms with E-state index in [1.807, 2.05) is 0 Å². The van der Waals surface area contributed by atoms with Crippen LogP contribution in [-0.2, 0) is 6.42 Å². The van der Waals surface area contributed by atoms with Gasteiger partial charge >= 0.3 is 0 Å². The summed E-state index contributed by atoms with van der Waals surface area (Å²) in [5.74, 6) is 0. The van der Waals surface area contributed by atoms with Crippen LogP contribution in [0.25, 0.3) is 77.2 Å². The number of rotatable bonds is 4. The second kappa shape index (κ2) is 10.5. The van der Waals surface area contributed by atoms with E-state index in [4.69, 9.17) is 0 Å². The zero-order chi connectivity index (χ0) is 29.7. The lowest BCUT2D eigenvalue weighted by molar-refractivity contribution is 1.26. The first-order valence-electron chi connectivity index (χ1n) is 15.7. The van der Waals surface area contributed by atoms with E-state index in [1.165, 1.54) is 88.3 Å². The van der Waals surface area contributed by atoms with E-state index in [0.29, 0.717) is 0 Å². The zero-order valence-electron chi connectivity index (χ0n) is 24.9. The molecule has 9 rings (SSSR count). The van der Waals surface area contributed by atoms with Crippen molar-refractivity contribution in [3.05, 3.63) is 181 Å². The van der Waals surface area contributed by atoms with Crippen LogP contribution in [0.5, 0.6) is 0 Å². The third kappa shape index (κ3) is 4.22. The van der Waals surface area contributed by atoms with Gasteiger partial charge in [-0.2, -0.15) is 0 Å². The smallest absolute Gasteiger partial charge is 0.00132 e. The first kappa shape index (κ1) is 25.7. The Morgan fingerprint density at radius 2 is 0.711 bits per heavy atom. The van der Waals surface area contributed by atoms with Gasteiger partial charge in [0.15, 0.2) is 0 Å². The van der Waals surface area contributed by atoms with Gasteiger partial charge in [-0.25, -0.2) is 0 Å². The minimum absolute atomic E-state index is 0.988. The molecule has 210 valence electrons. The maximum atomic E-state index is 2.38. The van der Waals surface area contributed by atoms with Crippen molar-refractivity contribution in [2.75, 3.05) is 0 Å². The molecular formula is C45H30. The Kier molecular flexibility index (Phi) is 5.99. The molecule has 0 N–H and O–H groups in total. The number of hydrogen-bond acceptors (Lipinski definition) is 0. The second-order valence-electron chi connectivity index (χ2n) is 12.0. The third-order valence-corrected chi connectivity index (χ3v) is 9.46. The fourth-order valence-electron chi connectivity index (χ4n) is 7.49. The van der Waals surface area contributed by atoms with E-state index in [1.54, 1.807) is 0 Å². The number of fused-ring (bicyclic) bond motifs is 5. The van der Waals surface area contributed by atoms with Crippen LogP contribution < -0.4 is 0 Å². The van der Waals surface area contributed by atoms with Crippen LogP contribution in [0.15, 0.2) is 170 Å². The van der Waals surface area contributed by atoms with E-state index in [9.17, 15) is 0 Å². The lowest BCUT2D eigenvalue weighted by atomic mass is 9.83. The lowest BCUT2D eigenvalue weighted by Crippen LogP contribution is -1.94. The van der Waals surface area contributed by atoms with E-state index in [2.05, 4.69) is 170 Å². The molecule has 0 nitrogen and oxygen atoms in total. The first-order chi connectivity index (χ1) is 22.3. The molecule has 0 saturated heterocycles. The van der Waals surface area contributed by atoms with Crippen LogP contribution in [0.2, 0.25) is 0 Å². The Hall–Kier alpha value is -5.72. The Balaban J connectivity index is 1.38. The molecule has 0 heteroatoms. The zero-order valence-corrected chi connectivity index (χ0v) is 24.9. The highest BCUT2D eigenvalue weighted by Gasteiger charge is 2.25. The molecule has 8 aromatic carbocycles. The summed E-state index contributed by atoms with van der Waals surface area (Å²) in [5.41, 5.74) is 15.6. The maximum Gasteiger partial charge on any atom is -0.00132 e. The Labute approximate surface area is 263 Å².